The Bertz CT molecular complexity index is 354. The Labute approximate surface area is 95.0 Å². The molecule has 0 bridgehead atoms. The summed E-state index contributed by atoms with van der Waals surface area (Å²) in [4.78, 5) is 11.5. The highest BCUT2D eigenvalue weighted by Crippen LogP contribution is 2.07. The van der Waals surface area contributed by atoms with Crippen molar-refractivity contribution in [3.05, 3.63) is 30.1 Å². The minimum absolute atomic E-state index is 0.0971. The van der Waals surface area contributed by atoms with Gasteiger partial charge in [0.05, 0.1) is 6.54 Å². The lowest BCUT2D eigenvalue weighted by Gasteiger charge is -2.19. The van der Waals surface area contributed by atoms with E-state index >= 15 is 0 Å². The third-order valence-corrected chi connectivity index (χ3v) is 1.91. The third-order valence-electron chi connectivity index (χ3n) is 1.91. The van der Waals surface area contributed by atoms with Crippen molar-refractivity contribution in [1.29, 1.82) is 0 Å². The maximum atomic E-state index is 12.6. The Morgan fingerprint density at radius 1 is 1.25 bits per heavy atom. The maximum absolute atomic E-state index is 12.6. The van der Waals surface area contributed by atoms with Gasteiger partial charge >= 0.3 is 0 Å². The average molecular weight is 224 g/mol. The monoisotopic (exact) mass is 224 g/mol. The highest BCUT2D eigenvalue weighted by molar-refractivity contribution is 5.92. The lowest BCUT2D eigenvalue weighted by molar-refractivity contribution is -0.115. The minimum Gasteiger partial charge on any atom is -0.325 e. The predicted octanol–water partition coefficient (Wildman–Crippen LogP) is 2.15. The first kappa shape index (κ1) is 12.6. The van der Waals surface area contributed by atoms with E-state index in [4.69, 9.17) is 0 Å². The van der Waals surface area contributed by atoms with E-state index in [9.17, 15) is 9.18 Å². The van der Waals surface area contributed by atoms with E-state index in [1.54, 1.807) is 0 Å². The van der Waals surface area contributed by atoms with E-state index in [-0.39, 0.29) is 23.8 Å². The molecule has 2 N–H and O–H groups in total. The van der Waals surface area contributed by atoms with Gasteiger partial charge in [-0.2, -0.15) is 0 Å². The minimum atomic E-state index is -0.314. The van der Waals surface area contributed by atoms with Gasteiger partial charge in [0.2, 0.25) is 5.91 Å². The molecular weight excluding hydrogens is 207 g/mol. The molecule has 0 spiro atoms. The van der Waals surface area contributed by atoms with Crippen molar-refractivity contribution < 1.29 is 9.18 Å². The highest BCUT2D eigenvalue weighted by atomic mass is 19.1. The summed E-state index contributed by atoms with van der Waals surface area (Å²) in [6.07, 6.45) is 0. The lowest BCUT2D eigenvalue weighted by atomic mass is 10.1. The van der Waals surface area contributed by atoms with Gasteiger partial charge in [-0.3, -0.25) is 4.79 Å². The normalized spacial score (nSPS) is 11.2. The number of anilines is 1. The molecule has 0 radical (unpaired) electrons. The standard InChI is InChI=1S/C12H17FN2O/c1-12(2,3)14-8-11(16)15-10-6-4-9(13)5-7-10/h4-7,14H,8H2,1-3H3,(H,15,16). The first-order valence-corrected chi connectivity index (χ1v) is 5.17. The summed E-state index contributed by atoms with van der Waals surface area (Å²) in [6, 6.07) is 5.69. The van der Waals surface area contributed by atoms with E-state index in [0.29, 0.717) is 5.69 Å². The van der Waals surface area contributed by atoms with Crippen molar-refractivity contribution in [2.75, 3.05) is 11.9 Å². The summed E-state index contributed by atoms with van der Waals surface area (Å²) in [5, 5.41) is 5.74. The van der Waals surface area contributed by atoms with Crippen LogP contribution in [-0.4, -0.2) is 18.0 Å². The highest BCUT2D eigenvalue weighted by Gasteiger charge is 2.11. The second-order valence-electron chi connectivity index (χ2n) is 4.66. The van der Waals surface area contributed by atoms with Crippen LogP contribution in [0.25, 0.3) is 0 Å². The molecule has 0 fully saturated rings. The van der Waals surface area contributed by atoms with Crippen LogP contribution < -0.4 is 10.6 Å². The average Bonchev–Trinajstić information content (AvgIpc) is 2.18. The molecule has 0 unspecified atom stereocenters. The Kier molecular flexibility index (Phi) is 4.01. The molecule has 3 nitrogen and oxygen atoms in total. The van der Waals surface area contributed by atoms with Gasteiger partial charge < -0.3 is 10.6 Å². The van der Waals surface area contributed by atoms with Crippen LogP contribution in [0.2, 0.25) is 0 Å². The van der Waals surface area contributed by atoms with Crippen LogP contribution in [0.5, 0.6) is 0 Å². The molecule has 0 aromatic heterocycles. The largest absolute Gasteiger partial charge is 0.325 e. The van der Waals surface area contributed by atoms with Crippen LogP contribution >= 0.6 is 0 Å². The molecular formula is C12H17FN2O. The van der Waals surface area contributed by atoms with Gasteiger partial charge in [0, 0.05) is 11.2 Å². The molecule has 0 aliphatic carbocycles. The number of amides is 1. The molecule has 16 heavy (non-hydrogen) atoms. The van der Waals surface area contributed by atoms with Crippen molar-refractivity contribution in [1.82, 2.24) is 5.32 Å². The van der Waals surface area contributed by atoms with Crippen molar-refractivity contribution in [2.45, 2.75) is 26.3 Å². The lowest BCUT2D eigenvalue weighted by Crippen LogP contribution is -2.41. The Hall–Kier alpha value is -1.42. The fourth-order valence-corrected chi connectivity index (χ4v) is 1.08. The van der Waals surface area contributed by atoms with E-state index in [0.717, 1.165) is 0 Å². The fraction of sp³-hybridized carbons (Fsp3) is 0.417. The van der Waals surface area contributed by atoms with Crippen LogP contribution in [0.3, 0.4) is 0 Å². The van der Waals surface area contributed by atoms with Crippen LogP contribution in [0.4, 0.5) is 10.1 Å². The van der Waals surface area contributed by atoms with Gasteiger partial charge in [-0.25, -0.2) is 4.39 Å². The molecule has 1 amide bonds. The Morgan fingerprint density at radius 2 is 1.81 bits per heavy atom. The summed E-state index contributed by atoms with van der Waals surface area (Å²) in [5.41, 5.74) is 0.502. The fourth-order valence-electron chi connectivity index (χ4n) is 1.08. The second-order valence-corrected chi connectivity index (χ2v) is 4.66. The van der Waals surface area contributed by atoms with Crippen LogP contribution in [0.1, 0.15) is 20.8 Å². The second kappa shape index (κ2) is 5.07. The number of rotatable bonds is 3. The van der Waals surface area contributed by atoms with Gasteiger partial charge in [-0.05, 0) is 45.0 Å². The zero-order valence-electron chi connectivity index (χ0n) is 9.80. The molecule has 4 heteroatoms. The van der Waals surface area contributed by atoms with E-state index in [2.05, 4.69) is 10.6 Å². The molecule has 0 saturated carbocycles. The molecule has 1 aromatic carbocycles. The summed E-state index contributed by atoms with van der Waals surface area (Å²) in [6.45, 7) is 6.19. The van der Waals surface area contributed by atoms with Gasteiger partial charge in [0.25, 0.3) is 0 Å². The van der Waals surface area contributed by atoms with Crippen molar-refractivity contribution in [2.24, 2.45) is 0 Å². The van der Waals surface area contributed by atoms with Gasteiger partial charge in [0.1, 0.15) is 5.82 Å². The van der Waals surface area contributed by atoms with Gasteiger partial charge in [-0.15, -0.1) is 0 Å². The topological polar surface area (TPSA) is 41.1 Å². The van der Waals surface area contributed by atoms with E-state index in [1.165, 1.54) is 24.3 Å². The number of benzene rings is 1. The molecule has 88 valence electrons. The molecule has 0 aliphatic heterocycles. The Balaban J connectivity index is 2.43. The number of carbonyl (C=O) groups excluding carboxylic acids is 1. The molecule has 0 heterocycles. The number of nitrogens with one attached hydrogen (secondary N) is 2. The summed E-state index contributed by atoms with van der Waals surface area (Å²) in [5.74, 6) is -0.452. The molecule has 1 aromatic rings. The molecule has 0 aliphatic rings. The third kappa shape index (κ3) is 4.89. The first-order valence-electron chi connectivity index (χ1n) is 5.17. The van der Waals surface area contributed by atoms with Crippen LogP contribution in [0.15, 0.2) is 24.3 Å². The SMILES string of the molecule is CC(C)(C)NCC(=O)Nc1ccc(F)cc1. The van der Waals surface area contributed by atoms with Gasteiger partial charge in [0.15, 0.2) is 0 Å². The van der Waals surface area contributed by atoms with E-state index < -0.39 is 0 Å². The maximum Gasteiger partial charge on any atom is 0.238 e. The quantitative estimate of drug-likeness (QED) is 0.826. The van der Waals surface area contributed by atoms with Crippen molar-refractivity contribution in [3.8, 4) is 0 Å². The summed E-state index contributed by atoms with van der Waals surface area (Å²) >= 11 is 0. The van der Waals surface area contributed by atoms with Crippen molar-refractivity contribution in [3.63, 3.8) is 0 Å². The number of hydrogen-bond acceptors (Lipinski definition) is 2. The first-order chi connectivity index (χ1) is 7.37. The zero-order chi connectivity index (χ0) is 12.2. The number of carbonyl (C=O) groups is 1. The zero-order valence-corrected chi connectivity index (χ0v) is 9.80. The number of hydrogen-bond donors (Lipinski definition) is 2. The molecule has 1 rings (SSSR count). The van der Waals surface area contributed by atoms with Crippen LogP contribution in [0, 0.1) is 5.82 Å². The van der Waals surface area contributed by atoms with Crippen LogP contribution in [-0.2, 0) is 4.79 Å². The Morgan fingerprint density at radius 3 is 2.31 bits per heavy atom. The number of halogens is 1. The predicted molar refractivity (Wildman–Crippen MR) is 62.8 cm³/mol. The van der Waals surface area contributed by atoms with Gasteiger partial charge in [-0.1, -0.05) is 0 Å². The van der Waals surface area contributed by atoms with Crippen molar-refractivity contribution >= 4 is 11.6 Å². The molecule has 0 saturated heterocycles. The van der Waals surface area contributed by atoms with E-state index in [1.807, 2.05) is 20.8 Å². The smallest absolute Gasteiger partial charge is 0.238 e. The summed E-state index contributed by atoms with van der Waals surface area (Å²) in [7, 11) is 0. The molecule has 0 atom stereocenters. The summed E-state index contributed by atoms with van der Waals surface area (Å²) < 4.78 is 12.6.